The number of rotatable bonds is 7. The van der Waals surface area contributed by atoms with E-state index in [2.05, 4.69) is 10.4 Å². The van der Waals surface area contributed by atoms with E-state index < -0.39 is 18.0 Å². The van der Waals surface area contributed by atoms with Crippen molar-refractivity contribution in [2.75, 3.05) is 5.32 Å². The fourth-order valence-electron chi connectivity index (χ4n) is 3.85. The highest BCUT2D eigenvalue weighted by molar-refractivity contribution is 6.05. The van der Waals surface area contributed by atoms with Gasteiger partial charge in [0.15, 0.2) is 11.8 Å². The van der Waals surface area contributed by atoms with Crippen molar-refractivity contribution in [1.82, 2.24) is 14.8 Å². The quantitative estimate of drug-likeness (QED) is 0.336. The Balaban J connectivity index is 1.57. The Labute approximate surface area is 205 Å². The lowest BCUT2D eigenvalue weighted by Gasteiger charge is -2.17. The van der Waals surface area contributed by atoms with Crippen molar-refractivity contribution in [3.63, 3.8) is 0 Å². The average Bonchev–Trinajstić information content (AvgIpc) is 3.28. The van der Waals surface area contributed by atoms with Crippen LogP contribution >= 0.6 is 0 Å². The van der Waals surface area contributed by atoms with E-state index in [0.717, 1.165) is 16.8 Å². The number of nitrogens with zero attached hydrogens (tertiary/aromatic N) is 3. The molecule has 0 radical (unpaired) electrons. The fourth-order valence-corrected chi connectivity index (χ4v) is 3.85. The van der Waals surface area contributed by atoms with E-state index >= 15 is 0 Å². The Morgan fingerprint density at radius 1 is 0.943 bits per heavy atom. The molecule has 180 valence electrons. The molecule has 1 amide bonds. The Kier molecular flexibility index (Phi) is 6.96. The van der Waals surface area contributed by atoms with Crippen LogP contribution in [0.3, 0.4) is 0 Å². The molecular formula is C28H30N4O3. The summed E-state index contributed by atoms with van der Waals surface area (Å²) in [5.74, 6) is -0.882. The van der Waals surface area contributed by atoms with Gasteiger partial charge in [-0.2, -0.15) is 5.10 Å². The molecule has 1 atom stereocenters. The molecule has 35 heavy (non-hydrogen) atoms. The van der Waals surface area contributed by atoms with Gasteiger partial charge in [0.1, 0.15) is 0 Å². The van der Waals surface area contributed by atoms with Gasteiger partial charge in [-0.3, -0.25) is 4.79 Å². The molecular weight excluding hydrogens is 440 g/mol. The zero-order valence-electron chi connectivity index (χ0n) is 20.6. The van der Waals surface area contributed by atoms with Crippen LogP contribution in [0, 0.1) is 0 Å². The third kappa shape index (κ3) is 5.09. The Morgan fingerprint density at radius 3 is 2.31 bits per heavy atom. The Bertz CT molecular complexity index is 1360. The van der Waals surface area contributed by atoms with Gasteiger partial charge < -0.3 is 10.1 Å². The van der Waals surface area contributed by atoms with Gasteiger partial charge in [0.05, 0.1) is 17.1 Å². The summed E-state index contributed by atoms with van der Waals surface area (Å²) in [5, 5.41) is 7.93. The predicted octanol–water partition coefficient (Wildman–Crippen LogP) is 5.99. The van der Waals surface area contributed by atoms with Crippen LogP contribution in [0.25, 0.3) is 22.2 Å². The van der Waals surface area contributed by atoms with Gasteiger partial charge in [-0.05, 0) is 44.4 Å². The molecule has 0 aliphatic carbocycles. The van der Waals surface area contributed by atoms with Crippen LogP contribution in [0.2, 0.25) is 0 Å². The third-order valence-electron chi connectivity index (χ3n) is 5.81. The minimum Gasteiger partial charge on any atom is -0.449 e. The maximum absolute atomic E-state index is 13.2. The number of benzene rings is 2. The van der Waals surface area contributed by atoms with Gasteiger partial charge in [0.25, 0.3) is 5.91 Å². The number of hydrogen-bond acceptors (Lipinski definition) is 5. The Hall–Kier alpha value is -4.00. The number of anilines is 1. The number of hydrogen-bond donors (Lipinski definition) is 1. The number of esters is 1. The topological polar surface area (TPSA) is 86.1 Å². The first-order valence-corrected chi connectivity index (χ1v) is 11.8. The van der Waals surface area contributed by atoms with Crippen LogP contribution < -0.4 is 5.32 Å². The number of carbonyl (C=O) groups excluding carboxylic acids is 2. The zero-order valence-corrected chi connectivity index (χ0v) is 20.6. The van der Waals surface area contributed by atoms with Crippen LogP contribution in [-0.4, -0.2) is 32.7 Å². The lowest BCUT2D eigenvalue weighted by atomic mass is 10.0. The summed E-state index contributed by atoms with van der Waals surface area (Å²) in [6.45, 7) is 9.61. The summed E-state index contributed by atoms with van der Waals surface area (Å²) in [4.78, 5) is 30.9. The molecule has 2 heterocycles. The van der Waals surface area contributed by atoms with Crippen molar-refractivity contribution in [2.45, 2.75) is 52.7 Å². The molecule has 0 aliphatic rings. The van der Waals surface area contributed by atoms with Gasteiger partial charge in [-0.1, -0.05) is 62.4 Å². The second-order valence-corrected chi connectivity index (χ2v) is 9.12. The fraction of sp³-hybridized carbons (Fsp3) is 0.286. The van der Waals surface area contributed by atoms with E-state index in [1.54, 1.807) is 23.9 Å². The third-order valence-corrected chi connectivity index (χ3v) is 5.81. The smallest absolute Gasteiger partial charge is 0.339 e. The normalized spacial score (nSPS) is 12.2. The summed E-state index contributed by atoms with van der Waals surface area (Å²) in [6, 6.07) is 19.1. The lowest BCUT2D eigenvalue weighted by Crippen LogP contribution is -2.30. The molecule has 7 heteroatoms. The van der Waals surface area contributed by atoms with Gasteiger partial charge >= 0.3 is 5.97 Å². The summed E-state index contributed by atoms with van der Waals surface area (Å²) < 4.78 is 7.40. The molecule has 4 aromatic rings. The molecule has 1 unspecified atom stereocenters. The minimum atomic E-state index is -1.00. The summed E-state index contributed by atoms with van der Waals surface area (Å²) in [6.07, 6.45) is 0.626. The molecule has 2 aromatic carbocycles. The average molecular weight is 471 g/mol. The van der Waals surface area contributed by atoms with Crippen molar-refractivity contribution in [1.29, 1.82) is 0 Å². The highest BCUT2D eigenvalue weighted by Gasteiger charge is 2.24. The van der Waals surface area contributed by atoms with Crippen molar-refractivity contribution in [3.05, 3.63) is 78.1 Å². The van der Waals surface area contributed by atoms with Crippen LogP contribution in [0.15, 0.2) is 66.9 Å². The molecule has 7 nitrogen and oxygen atoms in total. The van der Waals surface area contributed by atoms with E-state index in [1.807, 2.05) is 82.3 Å². The minimum absolute atomic E-state index is 0.0840. The Morgan fingerprint density at radius 2 is 1.63 bits per heavy atom. The highest BCUT2D eigenvalue weighted by Crippen LogP contribution is 2.28. The summed E-state index contributed by atoms with van der Waals surface area (Å²) in [7, 11) is 0. The van der Waals surface area contributed by atoms with Crippen molar-refractivity contribution in [2.24, 2.45) is 0 Å². The molecule has 0 saturated heterocycles. The zero-order chi connectivity index (χ0) is 25.1. The number of amides is 1. The van der Waals surface area contributed by atoms with Crippen LogP contribution in [0.1, 0.15) is 62.6 Å². The van der Waals surface area contributed by atoms with Gasteiger partial charge in [0, 0.05) is 23.0 Å². The molecule has 4 rings (SSSR count). The number of para-hydroxylation sites is 1. The first kappa shape index (κ1) is 24.1. The molecule has 0 saturated carbocycles. The van der Waals surface area contributed by atoms with Crippen molar-refractivity contribution < 1.29 is 14.3 Å². The van der Waals surface area contributed by atoms with E-state index in [4.69, 9.17) is 9.72 Å². The van der Waals surface area contributed by atoms with Crippen molar-refractivity contribution in [3.8, 4) is 11.1 Å². The second-order valence-electron chi connectivity index (χ2n) is 9.12. The van der Waals surface area contributed by atoms with Crippen molar-refractivity contribution >= 4 is 28.6 Å². The summed E-state index contributed by atoms with van der Waals surface area (Å²) in [5.41, 5.74) is 4.27. The lowest BCUT2D eigenvalue weighted by molar-refractivity contribution is -0.123. The van der Waals surface area contributed by atoms with E-state index in [0.29, 0.717) is 22.3 Å². The van der Waals surface area contributed by atoms with Gasteiger partial charge in [-0.25, -0.2) is 14.5 Å². The number of ether oxygens (including phenoxy) is 1. The van der Waals surface area contributed by atoms with E-state index in [9.17, 15) is 9.59 Å². The largest absolute Gasteiger partial charge is 0.449 e. The highest BCUT2D eigenvalue weighted by atomic mass is 16.5. The van der Waals surface area contributed by atoms with E-state index in [1.165, 1.54) is 0 Å². The number of carbonyl (C=O) groups is 2. The first-order chi connectivity index (χ1) is 16.8. The molecule has 0 fully saturated rings. The number of aromatic nitrogens is 3. The summed E-state index contributed by atoms with van der Waals surface area (Å²) >= 11 is 0. The maximum Gasteiger partial charge on any atom is 0.339 e. The number of fused-ring (bicyclic) bond motifs is 1. The van der Waals surface area contributed by atoms with Crippen LogP contribution in [0.4, 0.5) is 5.69 Å². The number of pyridine rings is 1. The molecule has 0 bridgehead atoms. The van der Waals surface area contributed by atoms with Crippen LogP contribution in [0.5, 0.6) is 0 Å². The molecule has 1 N–H and O–H groups in total. The SMILES string of the molecule is CC(OC(=O)c1cc(C(C)C)nc2c1cnn2C(C)C)C(=O)Nc1ccccc1-c1ccccc1. The number of nitrogens with one attached hydrogen (secondary N) is 1. The molecule has 0 aliphatic heterocycles. The molecule has 0 spiro atoms. The standard InChI is InChI=1S/C28H30N4O3/c1-17(2)25-15-22(23-16-29-32(18(3)4)26(23)30-25)28(34)35-19(5)27(33)31-24-14-10-9-13-21(24)20-11-7-6-8-12-20/h6-19H,1-5H3,(H,31,33). The first-order valence-electron chi connectivity index (χ1n) is 11.8. The maximum atomic E-state index is 13.2. The predicted molar refractivity (Wildman–Crippen MR) is 137 cm³/mol. The molecule has 2 aromatic heterocycles. The van der Waals surface area contributed by atoms with Gasteiger partial charge in [0.2, 0.25) is 0 Å². The van der Waals surface area contributed by atoms with Gasteiger partial charge in [-0.15, -0.1) is 0 Å². The van der Waals surface area contributed by atoms with E-state index in [-0.39, 0.29) is 12.0 Å². The monoisotopic (exact) mass is 470 g/mol. The van der Waals surface area contributed by atoms with Crippen LogP contribution in [-0.2, 0) is 9.53 Å². The second kappa shape index (κ2) is 10.1.